The van der Waals surface area contributed by atoms with E-state index in [1.54, 1.807) is 6.92 Å². The third-order valence-electron chi connectivity index (χ3n) is 2.63. The van der Waals surface area contributed by atoms with Gasteiger partial charge in [0.15, 0.2) is 0 Å². The SMILES string of the molecule is Cc1ccc(Nc2nnc(C)c(=O)[nH]2)cc1C. The zero-order valence-corrected chi connectivity index (χ0v) is 10.0. The lowest BCUT2D eigenvalue weighted by atomic mass is 10.1. The minimum absolute atomic E-state index is 0.230. The normalized spacial score (nSPS) is 10.3. The van der Waals surface area contributed by atoms with Gasteiger partial charge < -0.3 is 5.32 Å². The lowest BCUT2D eigenvalue weighted by Gasteiger charge is -2.07. The Bertz CT molecular complexity index is 604. The molecule has 0 aliphatic carbocycles. The molecule has 0 atom stereocenters. The number of benzene rings is 1. The molecule has 5 nitrogen and oxygen atoms in total. The van der Waals surface area contributed by atoms with Gasteiger partial charge in [-0.05, 0) is 44.0 Å². The predicted octanol–water partition coefficient (Wildman–Crippen LogP) is 1.83. The number of aromatic nitrogens is 3. The summed E-state index contributed by atoms with van der Waals surface area (Å²) < 4.78 is 0. The summed E-state index contributed by atoms with van der Waals surface area (Å²) in [6, 6.07) is 5.94. The molecule has 0 amide bonds. The van der Waals surface area contributed by atoms with Gasteiger partial charge in [-0.3, -0.25) is 9.78 Å². The van der Waals surface area contributed by atoms with E-state index in [4.69, 9.17) is 0 Å². The van der Waals surface area contributed by atoms with E-state index in [9.17, 15) is 4.79 Å². The first kappa shape index (κ1) is 11.3. The molecule has 2 aromatic rings. The standard InChI is InChI=1S/C12H14N4O/c1-7-4-5-10(6-8(7)2)13-12-14-11(17)9(3)15-16-12/h4-6H,1-3H3,(H2,13,14,16,17). The summed E-state index contributed by atoms with van der Waals surface area (Å²) in [4.78, 5) is 14.0. The number of nitrogens with zero attached hydrogens (tertiary/aromatic N) is 2. The molecule has 1 aromatic heterocycles. The number of aromatic amines is 1. The van der Waals surface area contributed by atoms with E-state index in [1.807, 2.05) is 32.0 Å². The van der Waals surface area contributed by atoms with Gasteiger partial charge in [0.05, 0.1) is 0 Å². The molecule has 5 heteroatoms. The summed E-state index contributed by atoms with van der Waals surface area (Å²) in [5, 5.41) is 10.6. The number of H-pyrrole nitrogens is 1. The molecule has 0 aliphatic heterocycles. The van der Waals surface area contributed by atoms with Gasteiger partial charge in [-0.2, -0.15) is 0 Å². The van der Waals surface area contributed by atoms with Crippen molar-refractivity contribution in [1.82, 2.24) is 15.2 Å². The van der Waals surface area contributed by atoms with E-state index in [2.05, 4.69) is 20.5 Å². The number of rotatable bonds is 2. The number of anilines is 2. The Morgan fingerprint density at radius 3 is 2.53 bits per heavy atom. The zero-order valence-electron chi connectivity index (χ0n) is 10.0. The average Bonchev–Trinajstić information content (AvgIpc) is 2.29. The molecule has 17 heavy (non-hydrogen) atoms. The molecular weight excluding hydrogens is 216 g/mol. The van der Waals surface area contributed by atoms with Gasteiger partial charge >= 0.3 is 0 Å². The first-order valence-electron chi connectivity index (χ1n) is 5.34. The minimum Gasteiger partial charge on any atom is -0.324 e. The van der Waals surface area contributed by atoms with E-state index in [1.165, 1.54) is 11.1 Å². The summed E-state index contributed by atoms with van der Waals surface area (Å²) in [7, 11) is 0. The van der Waals surface area contributed by atoms with Crippen LogP contribution < -0.4 is 10.9 Å². The van der Waals surface area contributed by atoms with E-state index in [-0.39, 0.29) is 5.56 Å². The largest absolute Gasteiger partial charge is 0.324 e. The Kier molecular flexibility index (Phi) is 2.91. The van der Waals surface area contributed by atoms with E-state index in [0.717, 1.165) is 5.69 Å². The first-order chi connectivity index (χ1) is 8.06. The maximum Gasteiger partial charge on any atom is 0.273 e. The van der Waals surface area contributed by atoms with Crippen molar-refractivity contribution in [3.63, 3.8) is 0 Å². The number of nitrogens with one attached hydrogen (secondary N) is 2. The molecule has 0 unspecified atom stereocenters. The average molecular weight is 230 g/mol. The van der Waals surface area contributed by atoms with Crippen LogP contribution in [0.2, 0.25) is 0 Å². The highest BCUT2D eigenvalue weighted by Crippen LogP contribution is 2.16. The lowest BCUT2D eigenvalue weighted by Crippen LogP contribution is -2.15. The second kappa shape index (κ2) is 4.37. The molecule has 2 N–H and O–H groups in total. The van der Waals surface area contributed by atoms with Gasteiger partial charge in [-0.25, -0.2) is 0 Å². The van der Waals surface area contributed by atoms with Gasteiger partial charge in [-0.15, -0.1) is 10.2 Å². The van der Waals surface area contributed by atoms with Crippen molar-refractivity contribution in [1.29, 1.82) is 0 Å². The van der Waals surface area contributed by atoms with Crippen LogP contribution in [0.15, 0.2) is 23.0 Å². The molecule has 0 spiro atoms. The molecule has 0 fully saturated rings. The monoisotopic (exact) mass is 230 g/mol. The van der Waals surface area contributed by atoms with Crippen LogP contribution in [0, 0.1) is 20.8 Å². The molecule has 0 aliphatic rings. The van der Waals surface area contributed by atoms with Gasteiger partial charge in [-0.1, -0.05) is 6.07 Å². The molecule has 1 heterocycles. The smallest absolute Gasteiger partial charge is 0.273 e. The molecule has 0 bridgehead atoms. The molecule has 88 valence electrons. The van der Waals surface area contributed by atoms with Crippen molar-refractivity contribution < 1.29 is 0 Å². The summed E-state index contributed by atoms with van der Waals surface area (Å²) in [5.41, 5.74) is 3.40. The fraction of sp³-hybridized carbons (Fsp3) is 0.250. The van der Waals surface area contributed by atoms with E-state index in [0.29, 0.717) is 11.6 Å². The van der Waals surface area contributed by atoms with Crippen LogP contribution in [0.5, 0.6) is 0 Å². The van der Waals surface area contributed by atoms with Crippen LogP contribution in [0.3, 0.4) is 0 Å². The highest BCUT2D eigenvalue weighted by atomic mass is 16.1. The van der Waals surface area contributed by atoms with Crippen LogP contribution in [0.25, 0.3) is 0 Å². The number of hydrogen-bond donors (Lipinski definition) is 2. The van der Waals surface area contributed by atoms with E-state index < -0.39 is 0 Å². The fourth-order valence-corrected chi connectivity index (χ4v) is 1.41. The Morgan fingerprint density at radius 1 is 1.12 bits per heavy atom. The second-order valence-corrected chi connectivity index (χ2v) is 4.01. The molecular formula is C12H14N4O. The molecule has 0 saturated heterocycles. The molecule has 1 aromatic carbocycles. The summed E-state index contributed by atoms with van der Waals surface area (Å²) in [6.45, 7) is 5.70. The summed E-state index contributed by atoms with van der Waals surface area (Å²) in [6.07, 6.45) is 0. The van der Waals surface area contributed by atoms with Gasteiger partial charge in [0, 0.05) is 5.69 Å². The lowest BCUT2D eigenvalue weighted by molar-refractivity contribution is 0.908. The van der Waals surface area contributed by atoms with Crippen molar-refractivity contribution in [2.24, 2.45) is 0 Å². The zero-order chi connectivity index (χ0) is 12.4. The highest BCUT2D eigenvalue weighted by Gasteiger charge is 2.01. The van der Waals surface area contributed by atoms with Crippen molar-refractivity contribution in [2.45, 2.75) is 20.8 Å². The van der Waals surface area contributed by atoms with Crippen LogP contribution >= 0.6 is 0 Å². The van der Waals surface area contributed by atoms with Crippen LogP contribution in [-0.2, 0) is 0 Å². The fourth-order valence-electron chi connectivity index (χ4n) is 1.41. The highest BCUT2D eigenvalue weighted by molar-refractivity contribution is 5.55. The molecule has 0 radical (unpaired) electrons. The maximum atomic E-state index is 11.4. The van der Waals surface area contributed by atoms with Gasteiger partial charge in [0.25, 0.3) is 5.56 Å². The van der Waals surface area contributed by atoms with Crippen LogP contribution in [0.1, 0.15) is 16.8 Å². The summed E-state index contributed by atoms with van der Waals surface area (Å²) in [5.74, 6) is 0.351. The quantitative estimate of drug-likeness (QED) is 0.825. The molecule has 2 rings (SSSR count). The second-order valence-electron chi connectivity index (χ2n) is 4.01. The Balaban J connectivity index is 2.28. The summed E-state index contributed by atoms with van der Waals surface area (Å²) >= 11 is 0. The first-order valence-corrected chi connectivity index (χ1v) is 5.34. The minimum atomic E-state index is -0.230. The topological polar surface area (TPSA) is 70.7 Å². The van der Waals surface area contributed by atoms with Crippen molar-refractivity contribution >= 4 is 11.6 Å². The molecule has 0 saturated carbocycles. The third kappa shape index (κ3) is 2.50. The van der Waals surface area contributed by atoms with Gasteiger partial charge in [0.2, 0.25) is 5.95 Å². The third-order valence-corrected chi connectivity index (χ3v) is 2.63. The van der Waals surface area contributed by atoms with Crippen LogP contribution in [0.4, 0.5) is 11.6 Å². The number of aryl methyl sites for hydroxylation is 3. The maximum absolute atomic E-state index is 11.4. The predicted molar refractivity (Wildman–Crippen MR) is 66.6 cm³/mol. The van der Waals surface area contributed by atoms with Gasteiger partial charge in [0.1, 0.15) is 5.69 Å². The van der Waals surface area contributed by atoms with E-state index >= 15 is 0 Å². The van der Waals surface area contributed by atoms with Crippen molar-refractivity contribution in [3.05, 3.63) is 45.4 Å². The Morgan fingerprint density at radius 2 is 1.88 bits per heavy atom. The van der Waals surface area contributed by atoms with Crippen molar-refractivity contribution in [2.75, 3.05) is 5.32 Å². The van der Waals surface area contributed by atoms with Crippen LogP contribution in [-0.4, -0.2) is 15.2 Å². The number of hydrogen-bond acceptors (Lipinski definition) is 4. The van der Waals surface area contributed by atoms with Crippen molar-refractivity contribution in [3.8, 4) is 0 Å². The Hall–Kier alpha value is -2.17. The Labute approximate surface area is 98.9 Å².